The first-order valence-corrected chi connectivity index (χ1v) is 8.99. The highest BCUT2D eigenvalue weighted by Gasteiger charge is 2.47. The number of ether oxygens (including phenoxy) is 1. The molecule has 6 heteroatoms. The fraction of sp³-hybridized carbons (Fsp3) is 0.333. The van der Waals surface area contributed by atoms with Crippen LogP contribution >= 0.6 is 0 Å². The van der Waals surface area contributed by atoms with Crippen molar-refractivity contribution in [1.82, 2.24) is 10.6 Å². The first-order chi connectivity index (χ1) is 13.1. The van der Waals surface area contributed by atoms with Gasteiger partial charge in [0.25, 0.3) is 0 Å². The zero-order valence-electron chi connectivity index (χ0n) is 15.2. The fourth-order valence-electron chi connectivity index (χ4n) is 2.95. The minimum atomic E-state index is -0.274. The van der Waals surface area contributed by atoms with Crippen LogP contribution in [0.15, 0.2) is 48.5 Å². The zero-order chi connectivity index (χ0) is 19.2. The van der Waals surface area contributed by atoms with E-state index in [1.807, 2.05) is 24.3 Å². The molecule has 2 N–H and O–H groups in total. The number of nitrogens with one attached hydrogen (secondary N) is 2. The molecule has 3 rings (SSSR count). The average Bonchev–Trinajstić information content (AvgIpc) is 3.49. The highest BCUT2D eigenvalue weighted by atomic mass is 19.1. The van der Waals surface area contributed by atoms with E-state index in [0.717, 1.165) is 16.9 Å². The van der Waals surface area contributed by atoms with E-state index in [1.165, 1.54) is 12.1 Å². The molecule has 2 amide bonds. The third-order valence-electron chi connectivity index (χ3n) is 4.72. The Bertz CT molecular complexity index is 790. The molecule has 2 atom stereocenters. The molecule has 2 aromatic carbocycles. The predicted molar refractivity (Wildman–Crippen MR) is 99.6 cm³/mol. The Morgan fingerprint density at radius 1 is 0.963 bits per heavy atom. The summed E-state index contributed by atoms with van der Waals surface area (Å²) in [6, 6.07) is 13.7. The van der Waals surface area contributed by atoms with Crippen LogP contribution in [0.4, 0.5) is 4.39 Å². The normalized spacial score (nSPS) is 17.9. The summed E-state index contributed by atoms with van der Waals surface area (Å²) in [5, 5.41) is 5.73. The van der Waals surface area contributed by atoms with Crippen LogP contribution < -0.4 is 15.4 Å². The summed E-state index contributed by atoms with van der Waals surface area (Å²) in [5.41, 5.74) is 1.94. The minimum Gasteiger partial charge on any atom is -0.497 e. The molecule has 1 fully saturated rings. The third-order valence-corrected chi connectivity index (χ3v) is 4.72. The maximum atomic E-state index is 12.9. The van der Waals surface area contributed by atoms with E-state index >= 15 is 0 Å². The molecule has 1 aliphatic rings. The zero-order valence-corrected chi connectivity index (χ0v) is 15.2. The van der Waals surface area contributed by atoms with Gasteiger partial charge in [0.15, 0.2) is 0 Å². The molecule has 1 saturated carbocycles. The highest BCUT2D eigenvalue weighted by Crippen LogP contribution is 2.38. The van der Waals surface area contributed by atoms with Crippen LogP contribution in [0.2, 0.25) is 0 Å². The highest BCUT2D eigenvalue weighted by molar-refractivity contribution is 5.92. The van der Waals surface area contributed by atoms with Crippen molar-refractivity contribution in [1.29, 1.82) is 0 Å². The maximum absolute atomic E-state index is 12.9. The molecule has 0 saturated heterocycles. The summed E-state index contributed by atoms with van der Waals surface area (Å²) in [6.07, 6.45) is 1.21. The second-order valence-electron chi connectivity index (χ2n) is 6.68. The Morgan fingerprint density at radius 3 is 2.19 bits per heavy atom. The Morgan fingerprint density at radius 2 is 1.56 bits per heavy atom. The molecule has 0 heterocycles. The third kappa shape index (κ3) is 5.29. The van der Waals surface area contributed by atoms with Crippen molar-refractivity contribution in [2.24, 2.45) is 11.8 Å². The fourth-order valence-corrected chi connectivity index (χ4v) is 2.95. The second-order valence-corrected chi connectivity index (χ2v) is 6.68. The Labute approximate surface area is 157 Å². The SMILES string of the molecule is COc1ccc(CNC(=O)C2CC2C(=O)NCCc2ccc(F)cc2)cc1. The lowest BCUT2D eigenvalue weighted by Crippen LogP contribution is -2.31. The van der Waals surface area contributed by atoms with Gasteiger partial charge in [-0.3, -0.25) is 9.59 Å². The van der Waals surface area contributed by atoms with Gasteiger partial charge in [0.05, 0.1) is 18.9 Å². The van der Waals surface area contributed by atoms with E-state index in [0.29, 0.717) is 25.9 Å². The van der Waals surface area contributed by atoms with E-state index in [1.54, 1.807) is 19.2 Å². The number of methoxy groups -OCH3 is 1. The lowest BCUT2D eigenvalue weighted by molar-refractivity contribution is -0.127. The summed E-state index contributed by atoms with van der Waals surface area (Å²) in [6.45, 7) is 0.902. The number of carbonyl (C=O) groups excluding carboxylic acids is 2. The van der Waals surface area contributed by atoms with Crippen LogP contribution in [-0.2, 0) is 22.6 Å². The molecule has 2 aromatic rings. The van der Waals surface area contributed by atoms with Gasteiger partial charge in [0.1, 0.15) is 11.6 Å². The lowest BCUT2D eigenvalue weighted by Gasteiger charge is -2.07. The standard InChI is InChI=1S/C21H23FN2O3/c1-27-17-8-4-15(5-9-17)13-24-21(26)19-12-18(19)20(25)23-11-10-14-2-6-16(22)7-3-14/h2-9,18-19H,10-13H2,1H3,(H,23,25)(H,24,26). The monoisotopic (exact) mass is 370 g/mol. The number of benzene rings is 2. The van der Waals surface area contributed by atoms with Crippen LogP contribution in [0.1, 0.15) is 17.5 Å². The molecule has 0 radical (unpaired) electrons. The molecule has 1 aliphatic carbocycles. The number of hydrogen-bond donors (Lipinski definition) is 2. The van der Waals surface area contributed by atoms with Gasteiger partial charge in [-0.2, -0.15) is 0 Å². The average molecular weight is 370 g/mol. The van der Waals surface area contributed by atoms with Crippen molar-refractivity contribution in [2.75, 3.05) is 13.7 Å². The van der Waals surface area contributed by atoms with Crippen molar-refractivity contribution >= 4 is 11.8 Å². The topological polar surface area (TPSA) is 67.4 Å². The Hall–Kier alpha value is -2.89. The molecule has 5 nitrogen and oxygen atoms in total. The summed E-state index contributed by atoms with van der Waals surface area (Å²) in [5.74, 6) is -0.205. The van der Waals surface area contributed by atoms with Crippen LogP contribution in [0.5, 0.6) is 5.75 Å². The quantitative estimate of drug-likeness (QED) is 0.750. The molecule has 2 unspecified atom stereocenters. The molecular formula is C21H23FN2O3. The molecule has 0 aromatic heterocycles. The van der Waals surface area contributed by atoms with E-state index in [-0.39, 0.29) is 29.5 Å². The Kier molecular flexibility index (Phi) is 6.06. The summed E-state index contributed by atoms with van der Waals surface area (Å²) in [4.78, 5) is 24.3. The molecule has 0 bridgehead atoms. The van der Waals surface area contributed by atoms with Crippen molar-refractivity contribution in [3.63, 3.8) is 0 Å². The van der Waals surface area contributed by atoms with E-state index in [4.69, 9.17) is 4.74 Å². The van der Waals surface area contributed by atoms with Crippen molar-refractivity contribution in [3.05, 3.63) is 65.5 Å². The summed E-state index contributed by atoms with van der Waals surface area (Å²) >= 11 is 0. The van der Waals surface area contributed by atoms with Crippen molar-refractivity contribution < 1.29 is 18.7 Å². The van der Waals surface area contributed by atoms with Gasteiger partial charge in [-0.25, -0.2) is 4.39 Å². The Balaban J connectivity index is 1.36. The van der Waals surface area contributed by atoms with Crippen LogP contribution in [0.3, 0.4) is 0 Å². The molecular weight excluding hydrogens is 347 g/mol. The van der Waals surface area contributed by atoms with E-state index in [2.05, 4.69) is 10.6 Å². The maximum Gasteiger partial charge on any atom is 0.224 e. The van der Waals surface area contributed by atoms with Gasteiger partial charge in [0.2, 0.25) is 11.8 Å². The van der Waals surface area contributed by atoms with Crippen molar-refractivity contribution in [3.8, 4) is 5.75 Å². The van der Waals surface area contributed by atoms with Gasteiger partial charge >= 0.3 is 0 Å². The van der Waals surface area contributed by atoms with E-state index < -0.39 is 0 Å². The van der Waals surface area contributed by atoms with Gasteiger partial charge in [-0.15, -0.1) is 0 Å². The smallest absolute Gasteiger partial charge is 0.224 e. The first kappa shape index (κ1) is 18.9. The predicted octanol–water partition coefficient (Wildman–Crippen LogP) is 2.45. The lowest BCUT2D eigenvalue weighted by atomic mass is 10.1. The van der Waals surface area contributed by atoms with Crippen LogP contribution in [0, 0.1) is 17.7 Å². The summed E-state index contributed by atoms with van der Waals surface area (Å²) in [7, 11) is 1.61. The number of carbonyl (C=O) groups is 2. The number of halogens is 1. The largest absolute Gasteiger partial charge is 0.497 e. The molecule has 142 valence electrons. The minimum absolute atomic E-state index is 0.0931. The number of hydrogen-bond acceptors (Lipinski definition) is 3. The van der Waals surface area contributed by atoms with Crippen LogP contribution in [-0.4, -0.2) is 25.5 Å². The number of amides is 2. The molecule has 27 heavy (non-hydrogen) atoms. The molecule has 0 spiro atoms. The van der Waals surface area contributed by atoms with Gasteiger partial charge < -0.3 is 15.4 Å². The van der Waals surface area contributed by atoms with Crippen LogP contribution in [0.25, 0.3) is 0 Å². The van der Waals surface area contributed by atoms with E-state index in [9.17, 15) is 14.0 Å². The molecule has 0 aliphatic heterocycles. The summed E-state index contributed by atoms with van der Waals surface area (Å²) < 4.78 is 18.0. The first-order valence-electron chi connectivity index (χ1n) is 8.99. The van der Waals surface area contributed by atoms with Gasteiger partial charge in [-0.05, 0) is 48.2 Å². The van der Waals surface area contributed by atoms with Gasteiger partial charge in [0, 0.05) is 13.1 Å². The van der Waals surface area contributed by atoms with Gasteiger partial charge in [-0.1, -0.05) is 24.3 Å². The van der Waals surface area contributed by atoms with Crippen molar-refractivity contribution in [2.45, 2.75) is 19.4 Å². The second kappa shape index (κ2) is 8.66. The number of rotatable bonds is 8.